The van der Waals surface area contributed by atoms with Crippen molar-refractivity contribution in [1.29, 1.82) is 5.26 Å². The normalized spacial score (nSPS) is 13.3. The standard InChI is InChI=1S/C20H17ClFN3O/c1-12-19(20(3,26)15-5-7-16(22)8-6-15)13(2)25(24-12)17-9-4-14(11-23)18(21)10-17/h4-10,26H,1-3H3. The molecule has 0 saturated carbocycles. The van der Waals surface area contributed by atoms with E-state index in [0.29, 0.717) is 33.1 Å². The SMILES string of the molecule is Cc1nn(-c2ccc(C#N)c(Cl)c2)c(C)c1C(C)(O)c1ccc(F)cc1. The largest absolute Gasteiger partial charge is 0.381 e. The minimum absolute atomic E-state index is 0.337. The molecule has 1 N–H and O–H groups in total. The Morgan fingerprint density at radius 3 is 2.42 bits per heavy atom. The molecule has 1 atom stereocenters. The molecule has 132 valence electrons. The molecule has 2 aromatic carbocycles. The predicted octanol–water partition coefficient (Wildman–Crippen LogP) is 4.41. The molecule has 1 unspecified atom stereocenters. The van der Waals surface area contributed by atoms with Crippen molar-refractivity contribution in [3.63, 3.8) is 0 Å². The van der Waals surface area contributed by atoms with E-state index in [1.807, 2.05) is 19.9 Å². The first kappa shape index (κ1) is 18.1. The molecule has 0 aliphatic rings. The summed E-state index contributed by atoms with van der Waals surface area (Å²) in [5, 5.41) is 25.0. The third-order valence-corrected chi connectivity index (χ3v) is 4.81. The van der Waals surface area contributed by atoms with Gasteiger partial charge in [0.05, 0.1) is 22.0 Å². The third-order valence-electron chi connectivity index (χ3n) is 4.50. The fraction of sp³-hybridized carbons (Fsp3) is 0.200. The second kappa shape index (κ2) is 6.56. The van der Waals surface area contributed by atoms with E-state index < -0.39 is 5.60 Å². The van der Waals surface area contributed by atoms with Crippen LogP contribution < -0.4 is 0 Å². The fourth-order valence-corrected chi connectivity index (χ4v) is 3.46. The average molecular weight is 370 g/mol. The van der Waals surface area contributed by atoms with Gasteiger partial charge in [0.15, 0.2) is 0 Å². The molecule has 0 aliphatic carbocycles. The van der Waals surface area contributed by atoms with Crippen LogP contribution in [0.4, 0.5) is 4.39 Å². The molecular weight excluding hydrogens is 353 g/mol. The molecule has 26 heavy (non-hydrogen) atoms. The van der Waals surface area contributed by atoms with Crippen LogP contribution in [0.5, 0.6) is 0 Å². The first-order valence-electron chi connectivity index (χ1n) is 8.01. The highest BCUT2D eigenvalue weighted by Gasteiger charge is 2.32. The summed E-state index contributed by atoms with van der Waals surface area (Å²) in [6, 6.07) is 12.8. The van der Waals surface area contributed by atoms with Gasteiger partial charge >= 0.3 is 0 Å². The lowest BCUT2D eigenvalue weighted by Gasteiger charge is -2.25. The zero-order valence-corrected chi connectivity index (χ0v) is 15.3. The molecule has 0 saturated heterocycles. The monoisotopic (exact) mass is 369 g/mol. The van der Waals surface area contributed by atoms with Gasteiger partial charge in [-0.3, -0.25) is 0 Å². The van der Waals surface area contributed by atoms with E-state index in [9.17, 15) is 9.50 Å². The van der Waals surface area contributed by atoms with Gasteiger partial charge in [-0.25, -0.2) is 9.07 Å². The third kappa shape index (κ3) is 2.98. The van der Waals surface area contributed by atoms with Gasteiger partial charge in [-0.1, -0.05) is 23.7 Å². The molecule has 4 nitrogen and oxygen atoms in total. The summed E-state index contributed by atoms with van der Waals surface area (Å²) in [5.74, 6) is -0.360. The molecule has 0 amide bonds. The smallest absolute Gasteiger partial charge is 0.123 e. The van der Waals surface area contributed by atoms with Gasteiger partial charge in [0.2, 0.25) is 0 Å². The quantitative estimate of drug-likeness (QED) is 0.743. The lowest BCUT2D eigenvalue weighted by Crippen LogP contribution is -2.24. The maximum atomic E-state index is 13.2. The van der Waals surface area contributed by atoms with E-state index in [2.05, 4.69) is 5.10 Å². The number of benzene rings is 2. The molecule has 0 spiro atoms. The summed E-state index contributed by atoms with van der Waals surface area (Å²) >= 11 is 6.13. The minimum atomic E-state index is -1.34. The number of nitriles is 1. The zero-order valence-electron chi connectivity index (χ0n) is 14.6. The Hall–Kier alpha value is -2.68. The summed E-state index contributed by atoms with van der Waals surface area (Å²) in [6.07, 6.45) is 0. The highest BCUT2D eigenvalue weighted by Crippen LogP contribution is 2.35. The predicted molar refractivity (Wildman–Crippen MR) is 97.8 cm³/mol. The van der Waals surface area contributed by atoms with Crippen LogP contribution >= 0.6 is 11.6 Å². The zero-order chi connectivity index (χ0) is 19.1. The molecule has 0 aliphatic heterocycles. The number of nitrogens with zero attached hydrogens (tertiary/aromatic N) is 3. The van der Waals surface area contributed by atoms with Crippen molar-refractivity contribution in [2.45, 2.75) is 26.4 Å². The Bertz CT molecular complexity index is 1020. The number of rotatable bonds is 3. The Morgan fingerprint density at radius 2 is 1.85 bits per heavy atom. The topological polar surface area (TPSA) is 61.8 Å². The molecule has 3 rings (SSSR count). The number of hydrogen-bond donors (Lipinski definition) is 1. The first-order chi connectivity index (χ1) is 12.3. The molecule has 0 radical (unpaired) electrons. The lowest BCUT2D eigenvalue weighted by molar-refractivity contribution is 0.101. The molecule has 0 bridgehead atoms. The van der Waals surface area contributed by atoms with Crippen molar-refractivity contribution >= 4 is 11.6 Å². The van der Waals surface area contributed by atoms with Gasteiger partial charge in [0, 0.05) is 11.3 Å². The van der Waals surface area contributed by atoms with E-state index in [4.69, 9.17) is 16.9 Å². The minimum Gasteiger partial charge on any atom is -0.381 e. The fourth-order valence-electron chi connectivity index (χ4n) is 3.24. The van der Waals surface area contributed by atoms with Crippen molar-refractivity contribution in [2.75, 3.05) is 0 Å². The summed E-state index contributed by atoms with van der Waals surface area (Å²) in [4.78, 5) is 0. The highest BCUT2D eigenvalue weighted by atomic mass is 35.5. The Kier molecular flexibility index (Phi) is 4.57. The van der Waals surface area contributed by atoms with Crippen LogP contribution in [0.2, 0.25) is 5.02 Å². The van der Waals surface area contributed by atoms with Gasteiger partial charge in [0.1, 0.15) is 17.5 Å². The second-order valence-corrected chi connectivity index (χ2v) is 6.72. The number of aromatic nitrogens is 2. The van der Waals surface area contributed by atoms with Crippen molar-refractivity contribution in [3.8, 4) is 11.8 Å². The average Bonchev–Trinajstić information content (AvgIpc) is 2.90. The van der Waals surface area contributed by atoms with Crippen LogP contribution in [0, 0.1) is 31.0 Å². The van der Waals surface area contributed by atoms with Crippen LogP contribution in [0.3, 0.4) is 0 Å². The van der Waals surface area contributed by atoms with Gasteiger partial charge in [-0.05, 0) is 56.7 Å². The molecule has 0 fully saturated rings. The number of aliphatic hydroxyl groups is 1. The maximum absolute atomic E-state index is 13.2. The molecule has 1 aromatic heterocycles. The van der Waals surface area contributed by atoms with E-state index in [0.717, 1.165) is 5.69 Å². The molecule has 6 heteroatoms. The first-order valence-corrected chi connectivity index (χ1v) is 8.38. The summed E-state index contributed by atoms with van der Waals surface area (Å²) < 4.78 is 14.9. The van der Waals surface area contributed by atoms with E-state index in [1.165, 1.54) is 12.1 Å². The maximum Gasteiger partial charge on any atom is 0.123 e. The summed E-state index contributed by atoms with van der Waals surface area (Å²) in [5.41, 5.74) is 2.34. The van der Waals surface area contributed by atoms with Gasteiger partial charge in [-0.15, -0.1) is 0 Å². The van der Waals surface area contributed by atoms with E-state index in [-0.39, 0.29) is 5.82 Å². The van der Waals surface area contributed by atoms with Crippen LogP contribution in [0.15, 0.2) is 42.5 Å². The van der Waals surface area contributed by atoms with E-state index in [1.54, 1.807) is 41.9 Å². The van der Waals surface area contributed by atoms with Crippen LogP contribution in [-0.4, -0.2) is 14.9 Å². The van der Waals surface area contributed by atoms with Crippen LogP contribution in [-0.2, 0) is 5.60 Å². The van der Waals surface area contributed by atoms with Crippen molar-refractivity contribution in [1.82, 2.24) is 9.78 Å². The Labute approximate surface area is 156 Å². The van der Waals surface area contributed by atoms with Crippen molar-refractivity contribution in [3.05, 3.63) is 81.4 Å². The van der Waals surface area contributed by atoms with Crippen LogP contribution in [0.1, 0.15) is 35.0 Å². The van der Waals surface area contributed by atoms with Crippen molar-refractivity contribution < 1.29 is 9.50 Å². The van der Waals surface area contributed by atoms with Crippen LogP contribution in [0.25, 0.3) is 5.69 Å². The highest BCUT2D eigenvalue weighted by molar-refractivity contribution is 6.31. The molecular formula is C20H17ClFN3O. The van der Waals surface area contributed by atoms with Gasteiger partial charge < -0.3 is 5.11 Å². The van der Waals surface area contributed by atoms with E-state index >= 15 is 0 Å². The van der Waals surface area contributed by atoms with Gasteiger partial charge in [-0.2, -0.15) is 10.4 Å². The molecule has 1 heterocycles. The number of aryl methyl sites for hydroxylation is 1. The molecule has 3 aromatic rings. The van der Waals surface area contributed by atoms with Crippen molar-refractivity contribution in [2.24, 2.45) is 0 Å². The Balaban J connectivity index is 2.13. The lowest BCUT2D eigenvalue weighted by atomic mass is 9.87. The number of halogens is 2. The Morgan fingerprint density at radius 1 is 1.19 bits per heavy atom. The second-order valence-electron chi connectivity index (χ2n) is 6.31. The summed E-state index contributed by atoms with van der Waals surface area (Å²) in [6.45, 7) is 5.31. The number of hydrogen-bond acceptors (Lipinski definition) is 3. The van der Waals surface area contributed by atoms with Gasteiger partial charge in [0.25, 0.3) is 0 Å². The summed E-state index contributed by atoms with van der Waals surface area (Å²) in [7, 11) is 0.